The topological polar surface area (TPSA) is 41.6 Å². The van der Waals surface area contributed by atoms with Crippen LogP contribution in [-0.2, 0) is 29.0 Å². The molecule has 1 fully saturated rings. The van der Waals surface area contributed by atoms with E-state index in [9.17, 15) is 9.18 Å². The van der Waals surface area contributed by atoms with Crippen molar-refractivity contribution in [3.05, 3.63) is 70.0 Å². The lowest BCUT2D eigenvalue weighted by Crippen LogP contribution is -2.45. The summed E-state index contributed by atoms with van der Waals surface area (Å²) in [5.74, 6) is -0.714. The summed E-state index contributed by atoms with van der Waals surface area (Å²) in [7, 11) is 0. The second kappa shape index (κ2) is 9.50. The molecule has 1 aliphatic heterocycles. The molecule has 0 spiro atoms. The molecule has 0 radical (unpaired) electrons. The van der Waals surface area contributed by atoms with Crippen LogP contribution in [0.4, 0.5) is 4.39 Å². The van der Waals surface area contributed by atoms with Gasteiger partial charge >= 0.3 is 0 Å². The van der Waals surface area contributed by atoms with Gasteiger partial charge in [0.1, 0.15) is 5.82 Å². The highest BCUT2D eigenvalue weighted by molar-refractivity contribution is 6.31. The highest BCUT2D eigenvalue weighted by atomic mass is 35.5. The Morgan fingerprint density at radius 3 is 2.50 bits per heavy atom. The molecule has 6 heteroatoms. The molecular weight excluding hydrogens is 379 g/mol. The predicted molar refractivity (Wildman–Crippen MR) is 109 cm³/mol. The maximum atomic E-state index is 13.9. The standard InChI is InChI=1S/C22H26ClFN2O2/c1-15-12-26(13-16(2)28-15)14-18-7-4-3-6-17(18)11-25-22(27)10-19-20(23)8-5-9-21(19)24/h3-9,15-16H,10-14H2,1-2H3,(H,25,27). The molecule has 28 heavy (non-hydrogen) atoms. The molecule has 2 unspecified atom stereocenters. The van der Waals surface area contributed by atoms with Crippen LogP contribution in [0, 0.1) is 5.82 Å². The zero-order valence-electron chi connectivity index (χ0n) is 16.3. The van der Waals surface area contributed by atoms with Gasteiger partial charge in [-0.25, -0.2) is 4.39 Å². The van der Waals surface area contributed by atoms with Gasteiger partial charge < -0.3 is 10.1 Å². The Labute approximate surface area is 170 Å². The van der Waals surface area contributed by atoms with Crippen LogP contribution >= 0.6 is 11.6 Å². The van der Waals surface area contributed by atoms with Gasteiger partial charge in [0.05, 0.1) is 18.6 Å². The van der Waals surface area contributed by atoms with Crippen LogP contribution in [0.15, 0.2) is 42.5 Å². The number of amides is 1. The largest absolute Gasteiger partial charge is 0.373 e. The molecule has 1 amide bonds. The molecule has 150 valence electrons. The summed E-state index contributed by atoms with van der Waals surface area (Å²) in [6.45, 7) is 7.15. The minimum absolute atomic E-state index is 0.0772. The van der Waals surface area contributed by atoms with Gasteiger partial charge in [-0.05, 0) is 37.1 Å². The highest BCUT2D eigenvalue weighted by Gasteiger charge is 2.22. The smallest absolute Gasteiger partial charge is 0.224 e. The van der Waals surface area contributed by atoms with Gasteiger partial charge in [-0.1, -0.05) is 41.9 Å². The summed E-state index contributed by atoms with van der Waals surface area (Å²) in [6, 6.07) is 12.5. The fourth-order valence-electron chi connectivity index (χ4n) is 3.66. The molecule has 2 aromatic carbocycles. The third kappa shape index (κ3) is 5.53. The average molecular weight is 405 g/mol. The Bertz CT molecular complexity index is 800. The first kappa shape index (κ1) is 20.8. The van der Waals surface area contributed by atoms with Crippen molar-refractivity contribution in [2.45, 2.75) is 45.6 Å². The second-order valence-corrected chi connectivity index (χ2v) is 7.78. The van der Waals surface area contributed by atoms with E-state index in [0.29, 0.717) is 6.54 Å². The molecule has 1 aliphatic rings. The maximum absolute atomic E-state index is 13.9. The van der Waals surface area contributed by atoms with Crippen molar-refractivity contribution in [3.63, 3.8) is 0 Å². The molecule has 0 bridgehead atoms. The maximum Gasteiger partial charge on any atom is 0.224 e. The lowest BCUT2D eigenvalue weighted by Gasteiger charge is -2.35. The van der Waals surface area contributed by atoms with Crippen molar-refractivity contribution in [2.75, 3.05) is 13.1 Å². The Morgan fingerprint density at radius 2 is 1.82 bits per heavy atom. The molecule has 1 saturated heterocycles. The van der Waals surface area contributed by atoms with Gasteiger partial charge in [-0.15, -0.1) is 0 Å². The van der Waals surface area contributed by atoms with Crippen molar-refractivity contribution < 1.29 is 13.9 Å². The molecule has 0 saturated carbocycles. The third-order valence-corrected chi connectivity index (χ3v) is 5.24. The van der Waals surface area contributed by atoms with Crippen LogP contribution in [0.3, 0.4) is 0 Å². The quantitative estimate of drug-likeness (QED) is 0.792. The third-order valence-electron chi connectivity index (χ3n) is 4.88. The number of halogens is 2. The molecule has 2 atom stereocenters. The number of rotatable bonds is 6. The van der Waals surface area contributed by atoms with E-state index in [1.807, 2.05) is 18.2 Å². The first-order valence-corrected chi connectivity index (χ1v) is 9.94. The number of nitrogens with one attached hydrogen (secondary N) is 1. The minimum atomic E-state index is -0.460. The fraction of sp³-hybridized carbons (Fsp3) is 0.409. The van der Waals surface area contributed by atoms with Gasteiger partial charge in [-0.2, -0.15) is 0 Å². The summed E-state index contributed by atoms with van der Waals surface area (Å²) >= 11 is 6.01. The summed E-state index contributed by atoms with van der Waals surface area (Å²) in [5.41, 5.74) is 2.46. The number of ether oxygens (including phenoxy) is 1. The Kier molecular flexibility index (Phi) is 7.05. The first-order valence-electron chi connectivity index (χ1n) is 9.56. The van der Waals surface area contributed by atoms with Crippen LogP contribution in [0.25, 0.3) is 0 Å². The summed E-state index contributed by atoms with van der Waals surface area (Å²) in [5, 5.41) is 3.16. The number of benzene rings is 2. The molecule has 2 aromatic rings. The van der Waals surface area contributed by atoms with Crippen LogP contribution in [-0.4, -0.2) is 36.1 Å². The molecule has 1 N–H and O–H groups in total. The summed E-state index contributed by atoms with van der Waals surface area (Å²) in [4.78, 5) is 14.7. The van der Waals surface area contributed by atoms with Crippen molar-refractivity contribution in [2.24, 2.45) is 0 Å². The zero-order valence-corrected chi connectivity index (χ0v) is 17.0. The zero-order chi connectivity index (χ0) is 20.1. The van der Waals surface area contributed by atoms with E-state index in [-0.39, 0.29) is 35.1 Å². The van der Waals surface area contributed by atoms with Crippen LogP contribution in [0.5, 0.6) is 0 Å². The lowest BCUT2D eigenvalue weighted by molar-refractivity contribution is -0.120. The van der Waals surface area contributed by atoms with Gasteiger partial charge in [0, 0.05) is 36.8 Å². The number of hydrogen-bond acceptors (Lipinski definition) is 3. The van der Waals surface area contributed by atoms with Gasteiger partial charge in [0.25, 0.3) is 0 Å². The van der Waals surface area contributed by atoms with Gasteiger partial charge in [-0.3, -0.25) is 9.69 Å². The molecule has 4 nitrogen and oxygen atoms in total. The summed E-state index contributed by atoms with van der Waals surface area (Å²) in [6.07, 6.45) is 0.342. The van der Waals surface area contributed by atoms with Crippen LogP contribution in [0.1, 0.15) is 30.5 Å². The van der Waals surface area contributed by atoms with E-state index >= 15 is 0 Å². The first-order chi connectivity index (χ1) is 13.4. The number of morpholine rings is 1. The second-order valence-electron chi connectivity index (χ2n) is 7.37. The average Bonchev–Trinajstić information content (AvgIpc) is 2.63. The predicted octanol–water partition coefficient (Wildman–Crippen LogP) is 3.95. The van der Waals surface area contributed by atoms with E-state index < -0.39 is 5.82 Å². The monoisotopic (exact) mass is 404 g/mol. The number of nitrogens with zero attached hydrogens (tertiary/aromatic N) is 1. The number of carbonyl (C=O) groups excluding carboxylic acids is 1. The number of hydrogen-bond donors (Lipinski definition) is 1. The Morgan fingerprint density at radius 1 is 1.14 bits per heavy atom. The van der Waals surface area contributed by atoms with E-state index in [1.54, 1.807) is 6.07 Å². The van der Waals surface area contributed by atoms with Gasteiger partial charge in [0.15, 0.2) is 0 Å². The Hall–Kier alpha value is -1.95. The molecule has 0 aliphatic carbocycles. The fourth-order valence-corrected chi connectivity index (χ4v) is 3.89. The minimum Gasteiger partial charge on any atom is -0.373 e. The van der Waals surface area contributed by atoms with Gasteiger partial charge in [0.2, 0.25) is 5.91 Å². The van der Waals surface area contributed by atoms with Crippen molar-refractivity contribution >= 4 is 17.5 Å². The van der Waals surface area contributed by atoms with E-state index in [0.717, 1.165) is 25.2 Å². The molecular formula is C22H26ClFN2O2. The van der Waals surface area contributed by atoms with E-state index in [4.69, 9.17) is 16.3 Å². The van der Waals surface area contributed by atoms with Crippen LogP contribution in [0.2, 0.25) is 5.02 Å². The van der Waals surface area contributed by atoms with E-state index in [1.165, 1.54) is 17.7 Å². The SMILES string of the molecule is CC1CN(Cc2ccccc2CNC(=O)Cc2c(F)cccc2Cl)CC(C)O1. The summed E-state index contributed by atoms with van der Waals surface area (Å²) < 4.78 is 19.7. The Balaban J connectivity index is 1.61. The highest BCUT2D eigenvalue weighted by Crippen LogP contribution is 2.20. The van der Waals surface area contributed by atoms with Crippen LogP contribution < -0.4 is 5.32 Å². The van der Waals surface area contributed by atoms with E-state index in [2.05, 4.69) is 30.1 Å². The van der Waals surface area contributed by atoms with Crippen molar-refractivity contribution in [1.29, 1.82) is 0 Å². The lowest BCUT2D eigenvalue weighted by atomic mass is 10.1. The normalized spacial score (nSPS) is 20.1. The number of carbonyl (C=O) groups is 1. The van der Waals surface area contributed by atoms with Crippen molar-refractivity contribution in [1.82, 2.24) is 10.2 Å². The molecule has 0 aromatic heterocycles. The van der Waals surface area contributed by atoms with Crippen molar-refractivity contribution in [3.8, 4) is 0 Å². The molecule has 1 heterocycles. The molecule has 3 rings (SSSR count).